The van der Waals surface area contributed by atoms with E-state index in [4.69, 9.17) is 0 Å². The zero-order valence-corrected chi connectivity index (χ0v) is 13.4. The molecule has 1 aliphatic carbocycles. The molecule has 20 heavy (non-hydrogen) atoms. The molecular formula is C17H29N3. The smallest absolute Gasteiger partial charge is 0.0562 e. The molecule has 0 radical (unpaired) electrons. The van der Waals surface area contributed by atoms with Gasteiger partial charge in [0.25, 0.3) is 0 Å². The molecule has 0 aromatic carbocycles. The molecule has 0 aliphatic heterocycles. The molecule has 2 rings (SSSR count). The standard InChI is InChI=1S/C17H29N3/c1-17(2,3)19-13-14-12-16(10-11-18-14)20(4)15-8-6-5-7-9-15/h10-12,15,19H,5-9,13H2,1-4H3. The van der Waals surface area contributed by atoms with Gasteiger partial charge >= 0.3 is 0 Å². The molecule has 0 spiro atoms. The number of nitrogens with zero attached hydrogens (tertiary/aromatic N) is 2. The summed E-state index contributed by atoms with van der Waals surface area (Å²) < 4.78 is 0. The van der Waals surface area contributed by atoms with E-state index in [1.165, 1.54) is 37.8 Å². The average Bonchev–Trinajstić information content (AvgIpc) is 2.45. The fourth-order valence-corrected chi connectivity index (χ4v) is 2.82. The molecule has 1 saturated carbocycles. The van der Waals surface area contributed by atoms with Gasteiger partial charge in [0.15, 0.2) is 0 Å². The second kappa shape index (κ2) is 6.57. The normalized spacial score (nSPS) is 17.2. The van der Waals surface area contributed by atoms with Crippen LogP contribution in [0, 0.1) is 0 Å². The Labute approximate surface area is 123 Å². The van der Waals surface area contributed by atoms with Crippen LogP contribution in [0.25, 0.3) is 0 Å². The molecular weight excluding hydrogens is 246 g/mol. The maximum Gasteiger partial charge on any atom is 0.0562 e. The van der Waals surface area contributed by atoms with E-state index in [2.05, 4.69) is 55.2 Å². The molecule has 3 nitrogen and oxygen atoms in total. The summed E-state index contributed by atoms with van der Waals surface area (Å²) in [5.41, 5.74) is 2.56. The summed E-state index contributed by atoms with van der Waals surface area (Å²) in [7, 11) is 2.23. The first-order valence-electron chi connectivity index (χ1n) is 7.88. The lowest BCUT2D eigenvalue weighted by atomic mass is 9.94. The highest BCUT2D eigenvalue weighted by molar-refractivity contribution is 5.46. The zero-order chi connectivity index (χ0) is 14.6. The first-order valence-corrected chi connectivity index (χ1v) is 7.88. The van der Waals surface area contributed by atoms with Crippen molar-refractivity contribution < 1.29 is 0 Å². The third kappa shape index (κ3) is 4.48. The number of hydrogen-bond donors (Lipinski definition) is 1. The molecule has 1 aliphatic rings. The molecule has 1 heterocycles. The van der Waals surface area contributed by atoms with Gasteiger partial charge in [0.2, 0.25) is 0 Å². The summed E-state index contributed by atoms with van der Waals surface area (Å²) in [5, 5.41) is 3.50. The van der Waals surface area contributed by atoms with Crippen molar-refractivity contribution in [2.45, 2.75) is 71.0 Å². The highest BCUT2D eigenvalue weighted by atomic mass is 15.1. The van der Waals surface area contributed by atoms with Gasteiger partial charge in [0.05, 0.1) is 5.69 Å². The molecule has 0 amide bonds. The fourth-order valence-electron chi connectivity index (χ4n) is 2.82. The van der Waals surface area contributed by atoms with Gasteiger partial charge in [-0.1, -0.05) is 19.3 Å². The molecule has 1 aromatic heterocycles. The van der Waals surface area contributed by atoms with Crippen LogP contribution in [-0.2, 0) is 6.54 Å². The van der Waals surface area contributed by atoms with Crippen molar-refractivity contribution in [2.75, 3.05) is 11.9 Å². The lowest BCUT2D eigenvalue weighted by molar-refractivity contribution is 0.420. The predicted octanol–water partition coefficient (Wildman–Crippen LogP) is 3.74. The Morgan fingerprint density at radius 3 is 2.60 bits per heavy atom. The Morgan fingerprint density at radius 2 is 1.95 bits per heavy atom. The van der Waals surface area contributed by atoms with Crippen molar-refractivity contribution in [3.05, 3.63) is 24.0 Å². The third-order valence-electron chi connectivity index (χ3n) is 4.13. The van der Waals surface area contributed by atoms with Crippen LogP contribution in [0.5, 0.6) is 0 Å². The molecule has 0 unspecified atom stereocenters. The number of rotatable bonds is 4. The lowest BCUT2D eigenvalue weighted by Crippen LogP contribution is -2.35. The van der Waals surface area contributed by atoms with Crippen LogP contribution >= 0.6 is 0 Å². The van der Waals surface area contributed by atoms with Gasteiger partial charge in [0, 0.05) is 37.1 Å². The topological polar surface area (TPSA) is 28.2 Å². The second-order valence-corrected chi connectivity index (χ2v) is 7.01. The van der Waals surface area contributed by atoms with Crippen molar-refractivity contribution in [3.63, 3.8) is 0 Å². The summed E-state index contributed by atoms with van der Waals surface area (Å²) in [6, 6.07) is 5.07. The quantitative estimate of drug-likeness (QED) is 0.907. The molecule has 1 aromatic rings. The van der Waals surface area contributed by atoms with E-state index in [1.807, 2.05) is 6.20 Å². The highest BCUT2D eigenvalue weighted by Gasteiger charge is 2.18. The molecule has 0 bridgehead atoms. The number of nitrogens with one attached hydrogen (secondary N) is 1. The van der Waals surface area contributed by atoms with E-state index in [0.29, 0.717) is 6.04 Å². The van der Waals surface area contributed by atoms with Crippen molar-refractivity contribution in [1.29, 1.82) is 0 Å². The van der Waals surface area contributed by atoms with E-state index < -0.39 is 0 Å². The van der Waals surface area contributed by atoms with E-state index in [0.717, 1.165) is 12.2 Å². The highest BCUT2D eigenvalue weighted by Crippen LogP contribution is 2.26. The van der Waals surface area contributed by atoms with Gasteiger partial charge in [-0.25, -0.2) is 0 Å². The van der Waals surface area contributed by atoms with Crippen molar-refractivity contribution in [1.82, 2.24) is 10.3 Å². The molecule has 1 N–H and O–H groups in total. The minimum absolute atomic E-state index is 0.132. The van der Waals surface area contributed by atoms with Gasteiger partial charge in [-0.2, -0.15) is 0 Å². The van der Waals surface area contributed by atoms with Crippen LogP contribution in [-0.4, -0.2) is 23.6 Å². The Hall–Kier alpha value is -1.09. The number of anilines is 1. The summed E-state index contributed by atoms with van der Waals surface area (Å²) in [4.78, 5) is 6.93. The van der Waals surface area contributed by atoms with Crippen molar-refractivity contribution >= 4 is 5.69 Å². The predicted molar refractivity (Wildman–Crippen MR) is 86.1 cm³/mol. The van der Waals surface area contributed by atoms with Gasteiger partial charge in [0.1, 0.15) is 0 Å². The lowest BCUT2D eigenvalue weighted by Gasteiger charge is -2.33. The molecule has 3 heteroatoms. The summed E-state index contributed by atoms with van der Waals surface area (Å²) in [6.45, 7) is 7.39. The fraction of sp³-hybridized carbons (Fsp3) is 0.706. The van der Waals surface area contributed by atoms with Gasteiger partial charge < -0.3 is 10.2 Å². The zero-order valence-electron chi connectivity index (χ0n) is 13.4. The Balaban J connectivity index is 2.01. The van der Waals surface area contributed by atoms with Crippen LogP contribution in [0.2, 0.25) is 0 Å². The molecule has 0 atom stereocenters. The van der Waals surface area contributed by atoms with E-state index in [-0.39, 0.29) is 5.54 Å². The Bertz CT molecular complexity index is 416. The van der Waals surface area contributed by atoms with Crippen LogP contribution in [0.15, 0.2) is 18.3 Å². The maximum absolute atomic E-state index is 4.48. The van der Waals surface area contributed by atoms with Gasteiger partial charge in [-0.05, 0) is 45.7 Å². The van der Waals surface area contributed by atoms with Gasteiger partial charge in [-0.15, -0.1) is 0 Å². The van der Waals surface area contributed by atoms with E-state index >= 15 is 0 Å². The molecule has 0 saturated heterocycles. The van der Waals surface area contributed by atoms with Crippen LogP contribution in [0.1, 0.15) is 58.6 Å². The summed E-state index contributed by atoms with van der Waals surface area (Å²) in [6.07, 6.45) is 8.75. The SMILES string of the molecule is CN(c1ccnc(CNC(C)(C)C)c1)C1CCCCC1. The number of hydrogen-bond acceptors (Lipinski definition) is 3. The van der Waals surface area contributed by atoms with Crippen LogP contribution in [0.4, 0.5) is 5.69 Å². The number of aromatic nitrogens is 1. The first-order chi connectivity index (χ1) is 9.46. The largest absolute Gasteiger partial charge is 0.372 e. The molecule has 112 valence electrons. The second-order valence-electron chi connectivity index (χ2n) is 7.01. The van der Waals surface area contributed by atoms with Crippen molar-refractivity contribution in [2.24, 2.45) is 0 Å². The average molecular weight is 275 g/mol. The monoisotopic (exact) mass is 275 g/mol. The van der Waals surface area contributed by atoms with E-state index in [1.54, 1.807) is 0 Å². The van der Waals surface area contributed by atoms with Crippen LogP contribution < -0.4 is 10.2 Å². The Kier molecular flexibility index (Phi) is 5.03. The van der Waals surface area contributed by atoms with E-state index in [9.17, 15) is 0 Å². The maximum atomic E-state index is 4.48. The van der Waals surface area contributed by atoms with Gasteiger partial charge in [-0.3, -0.25) is 4.98 Å². The summed E-state index contributed by atoms with van der Waals surface area (Å²) in [5.74, 6) is 0. The first kappa shape index (κ1) is 15.3. The minimum Gasteiger partial charge on any atom is -0.372 e. The minimum atomic E-state index is 0.132. The summed E-state index contributed by atoms with van der Waals surface area (Å²) >= 11 is 0. The van der Waals surface area contributed by atoms with Crippen LogP contribution in [0.3, 0.4) is 0 Å². The number of pyridine rings is 1. The Morgan fingerprint density at radius 1 is 1.25 bits per heavy atom. The molecule has 1 fully saturated rings. The third-order valence-corrected chi connectivity index (χ3v) is 4.13. The van der Waals surface area contributed by atoms with Crippen molar-refractivity contribution in [3.8, 4) is 0 Å².